The average molecular weight is 674 g/mol. The van der Waals surface area contributed by atoms with E-state index in [1.54, 1.807) is 0 Å². The molecule has 0 unspecified atom stereocenters. The first kappa shape index (κ1) is 30.2. The standard InChI is InChI=1S/C21H17N2.C11H20O2.Ir/c1-15-5-6-17(13-16(15)2)20-9-7-18-14-19(8-10-21(18)22-20)23-11-3-4-12-23;1-10(2,3)8(12)7-9(13)11(4,5)6;/h3-5,7-14H,1-2H3;7,12H,1-6H3;/q-1;;/b;8-7-;. The maximum atomic E-state index is 11.5. The van der Waals surface area contributed by atoms with E-state index in [1.165, 1.54) is 17.2 Å². The Balaban J connectivity index is 0.000000299. The first-order valence-corrected chi connectivity index (χ1v) is 12.2. The molecular weight excluding hydrogens is 637 g/mol. The summed E-state index contributed by atoms with van der Waals surface area (Å²) in [6.07, 6.45) is 5.43. The van der Waals surface area contributed by atoms with E-state index >= 15 is 0 Å². The number of carbonyl (C=O) groups is 1. The Morgan fingerprint density at radius 3 is 2.14 bits per heavy atom. The van der Waals surface area contributed by atoms with Gasteiger partial charge in [-0.05, 0) is 36.0 Å². The minimum absolute atomic E-state index is 0. The van der Waals surface area contributed by atoms with Crippen LogP contribution in [0.5, 0.6) is 0 Å². The van der Waals surface area contributed by atoms with Crippen molar-refractivity contribution in [3.63, 3.8) is 0 Å². The van der Waals surface area contributed by atoms with Crippen molar-refractivity contribution in [2.24, 2.45) is 10.8 Å². The van der Waals surface area contributed by atoms with Gasteiger partial charge in [0.25, 0.3) is 0 Å². The third-order valence-electron chi connectivity index (χ3n) is 6.05. The van der Waals surface area contributed by atoms with Crippen LogP contribution in [-0.4, -0.2) is 20.4 Å². The van der Waals surface area contributed by atoms with Gasteiger partial charge in [-0.3, -0.25) is 9.78 Å². The number of pyridine rings is 1. The third kappa shape index (κ3) is 7.98. The maximum Gasteiger partial charge on any atom is 0.164 e. The zero-order valence-electron chi connectivity index (χ0n) is 23.0. The zero-order chi connectivity index (χ0) is 26.7. The van der Waals surface area contributed by atoms with Crippen LogP contribution in [0.2, 0.25) is 0 Å². The van der Waals surface area contributed by atoms with Gasteiger partial charge >= 0.3 is 0 Å². The van der Waals surface area contributed by atoms with Crippen LogP contribution in [0.4, 0.5) is 0 Å². The number of aliphatic hydroxyl groups is 1. The second-order valence-corrected chi connectivity index (χ2v) is 11.3. The number of fused-ring (bicyclic) bond motifs is 1. The van der Waals surface area contributed by atoms with Gasteiger partial charge in [0.05, 0.1) is 5.52 Å². The van der Waals surface area contributed by atoms with Gasteiger partial charge in [0, 0.05) is 60.5 Å². The minimum Gasteiger partial charge on any atom is -0.512 e. The fourth-order valence-corrected chi connectivity index (χ4v) is 3.31. The van der Waals surface area contributed by atoms with Gasteiger partial charge in [-0.2, -0.15) is 0 Å². The Labute approximate surface area is 234 Å². The van der Waals surface area contributed by atoms with Crippen molar-refractivity contribution in [1.82, 2.24) is 9.55 Å². The van der Waals surface area contributed by atoms with Crippen LogP contribution in [0, 0.1) is 30.7 Å². The number of carbonyl (C=O) groups excluding carboxylic acids is 1. The molecule has 0 bridgehead atoms. The molecule has 4 nitrogen and oxygen atoms in total. The van der Waals surface area contributed by atoms with Crippen molar-refractivity contribution in [3.8, 4) is 16.9 Å². The number of aliphatic hydroxyl groups excluding tert-OH is 1. The van der Waals surface area contributed by atoms with E-state index in [4.69, 9.17) is 4.98 Å². The molecule has 197 valence electrons. The largest absolute Gasteiger partial charge is 0.512 e. The summed E-state index contributed by atoms with van der Waals surface area (Å²) in [5, 5.41) is 10.7. The summed E-state index contributed by atoms with van der Waals surface area (Å²) < 4.78 is 2.10. The monoisotopic (exact) mass is 674 g/mol. The Morgan fingerprint density at radius 1 is 0.919 bits per heavy atom. The van der Waals surface area contributed by atoms with Gasteiger partial charge in [0.2, 0.25) is 0 Å². The summed E-state index contributed by atoms with van der Waals surface area (Å²) >= 11 is 0. The summed E-state index contributed by atoms with van der Waals surface area (Å²) in [6.45, 7) is 15.3. The predicted molar refractivity (Wildman–Crippen MR) is 149 cm³/mol. The molecule has 1 radical (unpaired) electrons. The number of ketones is 1. The Morgan fingerprint density at radius 2 is 1.57 bits per heavy atom. The molecule has 2 aromatic carbocycles. The van der Waals surface area contributed by atoms with E-state index in [2.05, 4.69) is 60.9 Å². The predicted octanol–water partition coefficient (Wildman–Crippen LogP) is 8.20. The number of hydrogen-bond donors (Lipinski definition) is 1. The SMILES string of the molecule is CC(C)(C)C(=O)/C=C(\O)C(C)(C)C.Cc1c[c-]c(-c2ccc3cc(-n4cccc4)ccc3n2)cc1C.[Ir]. The van der Waals surface area contributed by atoms with Gasteiger partial charge in [-0.25, -0.2) is 0 Å². The molecule has 0 atom stereocenters. The molecule has 0 saturated carbocycles. The molecule has 0 aliphatic rings. The number of aromatic nitrogens is 2. The maximum absolute atomic E-state index is 11.5. The van der Waals surface area contributed by atoms with Crippen molar-refractivity contribution >= 4 is 16.7 Å². The van der Waals surface area contributed by atoms with Gasteiger partial charge in [0.1, 0.15) is 5.76 Å². The molecule has 4 rings (SSSR count). The average Bonchev–Trinajstić information content (AvgIpc) is 3.34. The summed E-state index contributed by atoms with van der Waals surface area (Å²) in [5.41, 5.74) is 5.92. The van der Waals surface area contributed by atoms with Crippen LogP contribution in [-0.2, 0) is 24.9 Å². The van der Waals surface area contributed by atoms with Crippen molar-refractivity contribution < 1.29 is 30.0 Å². The molecule has 0 amide bonds. The van der Waals surface area contributed by atoms with Crippen LogP contribution in [0.3, 0.4) is 0 Å². The van der Waals surface area contributed by atoms with E-state index < -0.39 is 5.41 Å². The van der Waals surface area contributed by atoms with Crippen LogP contribution in [0.1, 0.15) is 52.7 Å². The quantitative estimate of drug-likeness (QED) is 0.136. The van der Waals surface area contributed by atoms with E-state index in [9.17, 15) is 9.90 Å². The molecule has 5 heteroatoms. The molecule has 0 aliphatic heterocycles. The zero-order valence-corrected chi connectivity index (χ0v) is 25.4. The smallest absolute Gasteiger partial charge is 0.164 e. The van der Waals surface area contributed by atoms with Crippen LogP contribution in [0.15, 0.2) is 78.8 Å². The van der Waals surface area contributed by atoms with Crippen molar-refractivity contribution in [2.75, 3.05) is 0 Å². The van der Waals surface area contributed by atoms with E-state index in [-0.39, 0.29) is 37.1 Å². The molecule has 0 saturated heterocycles. The van der Waals surface area contributed by atoms with E-state index in [0.717, 1.165) is 27.8 Å². The van der Waals surface area contributed by atoms with E-state index in [1.807, 2.05) is 72.1 Å². The fraction of sp³-hybridized carbons (Fsp3) is 0.312. The Kier molecular flexibility index (Phi) is 9.82. The van der Waals surface area contributed by atoms with Gasteiger partial charge in [-0.15, -0.1) is 34.9 Å². The summed E-state index contributed by atoms with van der Waals surface area (Å²) in [7, 11) is 0. The first-order chi connectivity index (χ1) is 16.8. The van der Waals surface area contributed by atoms with Crippen molar-refractivity contribution in [1.29, 1.82) is 0 Å². The number of nitrogens with zero attached hydrogens (tertiary/aromatic N) is 2. The van der Waals surface area contributed by atoms with Gasteiger partial charge in [0.15, 0.2) is 5.78 Å². The molecule has 1 N–H and O–H groups in total. The van der Waals surface area contributed by atoms with Crippen LogP contribution in [0.25, 0.3) is 27.8 Å². The van der Waals surface area contributed by atoms with Gasteiger partial charge < -0.3 is 9.67 Å². The molecule has 0 aliphatic carbocycles. The normalized spacial score (nSPS) is 11.9. The Hall–Kier alpha value is -3.01. The summed E-state index contributed by atoms with van der Waals surface area (Å²) in [5.74, 6) is 0.104. The van der Waals surface area contributed by atoms with E-state index in [0.29, 0.717) is 0 Å². The van der Waals surface area contributed by atoms with Crippen LogP contribution < -0.4 is 0 Å². The second kappa shape index (κ2) is 12.0. The molecule has 0 spiro atoms. The molecule has 2 heterocycles. The number of hydrogen-bond acceptors (Lipinski definition) is 3. The number of aryl methyl sites for hydroxylation is 2. The molecule has 4 aromatic rings. The van der Waals surface area contributed by atoms with Crippen molar-refractivity contribution in [3.05, 3.63) is 96.0 Å². The molecular formula is C32H37IrN2O2-. The summed E-state index contributed by atoms with van der Waals surface area (Å²) in [6, 6.07) is 22.1. The number of benzene rings is 2. The third-order valence-corrected chi connectivity index (χ3v) is 6.05. The number of rotatable bonds is 3. The first-order valence-electron chi connectivity index (χ1n) is 12.2. The topological polar surface area (TPSA) is 55.1 Å². The second-order valence-electron chi connectivity index (χ2n) is 11.3. The molecule has 2 aromatic heterocycles. The summed E-state index contributed by atoms with van der Waals surface area (Å²) in [4.78, 5) is 16.3. The van der Waals surface area contributed by atoms with Gasteiger partial charge in [-0.1, -0.05) is 67.5 Å². The van der Waals surface area contributed by atoms with Crippen LogP contribution >= 0.6 is 0 Å². The minimum atomic E-state index is -0.417. The van der Waals surface area contributed by atoms with Crippen molar-refractivity contribution in [2.45, 2.75) is 55.4 Å². The Bertz CT molecular complexity index is 1390. The molecule has 37 heavy (non-hydrogen) atoms. The molecule has 0 fully saturated rings. The fourth-order valence-electron chi connectivity index (χ4n) is 3.31. The number of allylic oxidation sites excluding steroid dienone is 2.